The normalized spacial score (nSPS) is 35.9. The molecule has 106 valence electrons. The summed E-state index contributed by atoms with van der Waals surface area (Å²) < 4.78 is 0. The van der Waals surface area contributed by atoms with Crippen LogP contribution in [0, 0.1) is 17.8 Å². The average molecular weight is 267 g/mol. The Balaban J connectivity index is 1.49. The number of hydrogen-bond acceptors (Lipinski definition) is 5. The van der Waals surface area contributed by atoms with Gasteiger partial charge in [-0.2, -0.15) is 0 Å². The average Bonchev–Trinajstić information content (AvgIpc) is 3.08. The van der Waals surface area contributed by atoms with E-state index in [1.54, 1.807) is 0 Å². The summed E-state index contributed by atoms with van der Waals surface area (Å²) in [6.45, 7) is 5.32. The Morgan fingerprint density at radius 2 is 1.63 bits per heavy atom. The minimum atomic E-state index is -0.218. The molecule has 0 aromatic carbocycles. The first-order chi connectivity index (χ1) is 9.13. The molecule has 0 radical (unpaired) electrons. The van der Waals surface area contributed by atoms with Gasteiger partial charge in [-0.05, 0) is 7.05 Å². The lowest BCUT2D eigenvalue weighted by molar-refractivity contribution is -0.142. The monoisotopic (exact) mass is 267 g/mol. The van der Waals surface area contributed by atoms with Gasteiger partial charge in [-0.25, -0.2) is 0 Å². The first-order valence-electron chi connectivity index (χ1n) is 7.00. The standard InChI is InChI=1S/C13H21N3O3/c1-14-2-4-15(5-3-14)6-7-16-12(18)10-9(8-17)11(10)13(16)19/h9-11,17H,2-8H2,1H3. The highest BCUT2D eigenvalue weighted by atomic mass is 16.3. The van der Waals surface area contributed by atoms with Crippen LogP contribution < -0.4 is 0 Å². The fourth-order valence-electron chi connectivity index (χ4n) is 3.28. The largest absolute Gasteiger partial charge is 0.396 e. The van der Waals surface area contributed by atoms with Crippen LogP contribution in [0.1, 0.15) is 0 Å². The molecule has 0 spiro atoms. The summed E-state index contributed by atoms with van der Waals surface area (Å²) in [7, 11) is 2.10. The lowest BCUT2D eigenvalue weighted by atomic mass is 10.2. The zero-order chi connectivity index (χ0) is 13.6. The molecule has 2 amide bonds. The van der Waals surface area contributed by atoms with Crippen LogP contribution in [0.25, 0.3) is 0 Å². The van der Waals surface area contributed by atoms with E-state index in [9.17, 15) is 9.59 Å². The number of rotatable bonds is 4. The van der Waals surface area contributed by atoms with E-state index in [2.05, 4.69) is 16.8 Å². The van der Waals surface area contributed by atoms with Crippen LogP contribution in [0.15, 0.2) is 0 Å². The van der Waals surface area contributed by atoms with Crippen LogP contribution in [-0.2, 0) is 9.59 Å². The van der Waals surface area contributed by atoms with Crippen molar-refractivity contribution in [1.29, 1.82) is 0 Å². The van der Waals surface area contributed by atoms with E-state index in [4.69, 9.17) is 5.11 Å². The topological polar surface area (TPSA) is 64.1 Å². The molecule has 1 aliphatic carbocycles. The lowest BCUT2D eigenvalue weighted by Crippen LogP contribution is -2.48. The number of nitrogens with zero attached hydrogens (tertiary/aromatic N) is 3. The second-order valence-electron chi connectivity index (χ2n) is 5.87. The van der Waals surface area contributed by atoms with E-state index in [0.29, 0.717) is 6.54 Å². The number of likely N-dealkylation sites (tertiary alicyclic amines) is 1. The third-order valence-corrected chi connectivity index (χ3v) is 4.72. The zero-order valence-electron chi connectivity index (χ0n) is 11.3. The van der Waals surface area contributed by atoms with E-state index in [1.165, 1.54) is 4.90 Å². The third kappa shape index (κ3) is 2.17. The molecule has 2 heterocycles. The highest BCUT2D eigenvalue weighted by Gasteiger charge is 2.66. The molecule has 0 aromatic rings. The fraction of sp³-hybridized carbons (Fsp3) is 0.846. The van der Waals surface area contributed by atoms with Gasteiger partial charge in [-0.15, -0.1) is 0 Å². The van der Waals surface area contributed by atoms with Gasteiger partial charge in [0.25, 0.3) is 0 Å². The molecule has 19 heavy (non-hydrogen) atoms. The van der Waals surface area contributed by atoms with E-state index >= 15 is 0 Å². The van der Waals surface area contributed by atoms with Gasteiger partial charge in [0, 0.05) is 51.8 Å². The van der Waals surface area contributed by atoms with Crippen LogP contribution >= 0.6 is 0 Å². The summed E-state index contributed by atoms with van der Waals surface area (Å²) in [6, 6.07) is 0. The van der Waals surface area contributed by atoms with Gasteiger partial charge >= 0.3 is 0 Å². The number of imide groups is 1. The summed E-state index contributed by atoms with van der Waals surface area (Å²) in [5, 5.41) is 9.06. The first-order valence-corrected chi connectivity index (χ1v) is 7.00. The highest BCUT2D eigenvalue weighted by molar-refractivity contribution is 6.09. The first kappa shape index (κ1) is 13.0. The summed E-state index contributed by atoms with van der Waals surface area (Å²) in [5.74, 6) is -0.666. The minimum absolute atomic E-state index is 0.0425. The molecular weight excluding hydrogens is 246 g/mol. The molecule has 0 bridgehead atoms. The van der Waals surface area contributed by atoms with Gasteiger partial charge in [-0.3, -0.25) is 19.4 Å². The number of piperidine rings is 1. The Morgan fingerprint density at radius 1 is 1.05 bits per heavy atom. The van der Waals surface area contributed by atoms with Crippen molar-refractivity contribution in [3.05, 3.63) is 0 Å². The van der Waals surface area contributed by atoms with Gasteiger partial charge in [0.15, 0.2) is 0 Å². The minimum Gasteiger partial charge on any atom is -0.396 e. The van der Waals surface area contributed by atoms with Crippen molar-refractivity contribution in [1.82, 2.24) is 14.7 Å². The van der Waals surface area contributed by atoms with Gasteiger partial charge in [0.1, 0.15) is 0 Å². The molecule has 1 saturated carbocycles. The Morgan fingerprint density at radius 3 is 2.16 bits per heavy atom. The number of fused-ring (bicyclic) bond motifs is 1. The summed E-state index contributed by atoms with van der Waals surface area (Å²) >= 11 is 0. The van der Waals surface area contributed by atoms with Crippen LogP contribution in [-0.4, -0.2) is 84.5 Å². The van der Waals surface area contributed by atoms with Crippen LogP contribution in [0.4, 0.5) is 0 Å². The zero-order valence-corrected chi connectivity index (χ0v) is 11.3. The molecular formula is C13H21N3O3. The molecule has 2 atom stereocenters. The lowest BCUT2D eigenvalue weighted by Gasteiger charge is -2.33. The molecule has 6 heteroatoms. The molecule has 0 aromatic heterocycles. The number of hydrogen-bond donors (Lipinski definition) is 1. The Labute approximate surface area is 112 Å². The number of aliphatic hydroxyl groups excluding tert-OH is 1. The number of amides is 2. The number of carbonyl (C=O) groups is 2. The molecule has 1 N–H and O–H groups in total. The predicted octanol–water partition coefficient (Wildman–Crippen LogP) is -1.54. The highest BCUT2D eigenvalue weighted by Crippen LogP contribution is 2.52. The molecule has 3 fully saturated rings. The number of carbonyl (C=O) groups excluding carboxylic acids is 2. The number of piperazine rings is 1. The van der Waals surface area contributed by atoms with Gasteiger partial charge in [0.2, 0.25) is 11.8 Å². The van der Waals surface area contributed by atoms with Crippen molar-refractivity contribution < 1.29 is 14.7 Å². The van der Waals surface area contributed by atoms with Crippen LogP contribution in [0.3, 0.4) is 0 Å². The van der Waals surface area contributed by atoms with E-state index in [1.807, 2.05) is 0 Å². The smallest absolute Gasteiger partial charge is 0.233 e. The second-order valence-corrected chi connectivity index (χ2v) is 5.87. The fourth-order valence-corrected chi connectivity index (χ4v) is 3.28. The van der Waals surface area contributed by atoms with Crippen LogP contribution in [0.5, 0.6) is 0 Å². The van der Waals surface area contributed by atoms with E-state index < -0.39 is 0 Å². The third-order valence-electron chi connectivity index (χ3n) is 4.72. The number of aliphatic hydroxyl groups is 1. The Hall–Kier alpha value is -0.980. The van der Waals surface area contributed by atoms with Gasteiger partial charge in [0.05, 0.1) is 11.8 Å². The van der Waals surface area contributed by atoms with Crippen molar-refractivity contribution in [3.8, 4) is 0 Å². The summed E-state index contributed by atoms with van der Waals surface area (Å²) in [5.41, 5.74) is 0. The maximum atomic E-state index is 12.0. The van der Waals surface area contributed by atoms with Crippen molar-refractivity contribution in [2.24, 2.45) is 17.8 Å². The van der Waals surface area contributed by atoms with E-state index in [-0.39, 0.29) is 36.2 Å². The molecule has 2 saturated heterocycles. The molecule has 3 aliphatic rings. The number of likely N-dealkylation sites (N-methyl/N-ethyl adjacent to an activating group) is 1. The predicted molar refractivity (Wildman–Crippen MR) is 68.2 cm³/mol. The van der Waals surface area contributed by atoms with Crippen molar-refractivity contribution in [3.63, 3.8) is 0 Å². The van der Waals surface area contributed by atoms with Crippen LogP contribution in [0.2, 0.25) is 0 Å². The summed E-state index contributed by atoms with van der Waals surface area (Å²) in [4.78, 5) is 30.0. The Bertz CT molecular complexity index is 371. The molecule has 2 unspecified atom stereocenters. The van der Waals surface area contributed by atoms with Gasteiger partial charge < -0.3 is 10.0 Å². The molecule has 2 aliphatic heterocycles. The maximum Gasteiger partial charge on any atom is 0.233 e. The second kappa shape index (κ2) is 4.85. The quantitative estimate of drug-likeness (QED) is 0.625. The SMILES string of the molecule is CN1CCN(CCN2C(=O)C3C(CO)C3C2=O)CC1. The van der Waals surface area contributed by atoms with Crippen molar-refractivity contribution in [2.45, 2.75) is 0 Å². The summed E-state index contributed by atoms with van der Waals surface area (Å²) in [6.07, 6.45) is 0. The van der Waals surface area contributed by atoms with Crippen molar-refractivity contribution in [2.75, 3.05) is 52.9 Å². The molecule has 6 nitrogen and oxygen atoms in total. The van der Waals surface area contributed by atoms with Gasteiger partial charge in [-0.1, -0.05) is 0 Å². The molecule has 3 rings (SSSR count). The maximum absolute atomic E-state index is 12.0. The van der Waals surface area contributed by atoms with E-state index in [0.717, 1.165) is 32.7 Å². The Kier molecular flexibility index (Phi) is 3.32. The van der Waals surface area contributed by atoms with Crippen molar-refractivity contribution >= 4 is 11.8 Å².